The zero-order valence-electron chi connectivity index (χ0n) is 18.7. The Kier molecular flexibility index (Phi) is 7.89. The van der Waals surface area contributed by atoms with Gasteiger partial charge in [-0.05, 0) is 57.2 Å². The molecule has 1 aromatic rings. The number of hydrogen-bond acceptors (Lipinski definition) is 9. The van der Waals surface area contributed by atoms with E-state index >= 15 is 0 Å². The topological polar surface area (TPSA) is 125 Å². The highest BCUT2D eigenvalue weighted by molar-refractivity contribution is 7.99. The first-order chi connectivity index (χ1) is 14.9. The van der Waals surface area contributed by atoms with E-state index in [9.17, 15) is 24.5 Å². The Morgan fingerprint density at radius 2 is 1.81 bits per heavy atom. The van der Waals surface area contributed by atoms with Crippen molar-refractivity contribution in [3.05, 3.63) is 51.2 Å². The number of nitro groups is 1. The van der Waals surface area contributed by atoms with Crippen molar-refractivity contribution in [1.29, 1.82) is 0 Å². The Morgan fingerprint density at radius 3 is 2.28 bits per heavy atom. The fourth-order valence-corrected chi connectivity index (χ4v) is 4.52. The van der Waals surface area contributed by atoms with Crippen LogP contribution in [0.3, 0.4) is 0 Å². The number of ether oxygens (including phenoxy) is 3. The first kappa shape index (κ1) is 25.2. The van der Waals surface area contributed by atoms with Crippen molar-refractivity contribution in [2.45, 2.75) is 45.3 Å². The molecule has 0 aliphatic carbocycles. The number of nitrogens with zero attached hydrogens (tertiary/aromatic N) is 2. The van der Waals surface area contributed by atoms with Crippen molar-refractivity contribution < 1.29 is 33.5 Å². The van der Waals surface area contributed by atoms with E-state index in [1.807, 2.05) is 0 Å². The number of non-ortho nitro benzene ring substituents is 1. The van der Waals surface area contributed by atoms with Crippen LogP contribution in [0, 0.1) is 16.0 Å². The van der Waals surface area contributed by atoms with Gasteiger partial charge in [-0.25, -0.2) is 9.59 Å². The van der Waals surface area contributed by atoms with Crippen LogP contribution < -0.4 is 0 Å². The van der Waals surface area contributed by atoms with Crippen LogP contribution in [0.25, 0.3) is 0 Å². The maximum Gasteiger partial charge on any atom is 0.509 e. The van der Waals surface area contributed by atoms with Crippen molar-refractivity contribution in [3.8, 4) is 0 Å². The van der Waals surface area contributed by atoms with E-state index < -0.39 is 33.9 Å². The lowest BCUT2D eigenvalue weighted by Crippen LogP contribution is -2.66. The second kappa shape index (κ2) is 10.0. The molecule has 1 amide bonds. The van der Waals surface area contributed by atoms with E-state index in [0.29, 0.717) is 11.1 Å². The molecule has 0 bridgehead atoms. The third-order valence-electron chi connectivity index (χ3n) is 4.98. The van der Waals surface area contributed by atoms with Gasteiger partial charge in [0, 0.05) is 12.1 Å². The fourth-order valence-electron chi connectivity index (χ4n) is 3.39. The molecule has 1 saturated heterocycles. The number of methoxy groups -OCH3 is 1. The van der Waals surface area contributed by atoms with Gasteiger partial charge in [-0.15, -0.1) is 11.8 Å². The zero-order valence-corrected chi connectivity index (χ0v) is 19.6. The summed E-state index contributed by atoms with van der Waals surface area (Å²) < 4.78 is 15.4. The first-order valence-corrected chi connectivity index (χ1v) is 10.9. The van der Waals surface area contributed by atoms with E-state index in [4.69, 9.17) is 14.2 Å². The summed E-state index contributed by atoms with van der Waals surface area (Å²) in [7, 11) is 1.25. The fraction of sp³-hybridized carbons (Fsp3) is 0.476. The number of thioether (sulfide) groups is 1. The van der Waals surface area contributed by atoms with Crippen LogP contribution in [-0.4, -0.2) is 52.2 Å². The van der Waals surface area contributed by atoms with Gasteiger partial charge >= 0.3 is 12.1 Å². The second-order valence-electron chi connectivity index (χ2n) is 7.82. The first-order valence-electron chi connectivity index (χ1n) is 9.65. The molecule has 1 aliphatic heterocycles. The number of benzene rings is 1. The number of nitro benzene ring substituents is 1. The van der Waals surface area contributed by atoms with Crippen molar-refractivity contribution in [3.63, 3.8) is 0 Å². The Balaban J connectivity index is 2.06. The zero-order chi connectivity index (χ0) is 24.2. The molecule has 2 atom stereocenters. The van der Waals surface area contributed by atoms with Crippen LogP contribution in [-0.2, 0) is 30.4 Å². The second-order valence-corrected chi connectivity index (χ2v) is 8.77. The monoisotopic (exact) mass is 466 g/mol. The Labute approximate surface area is 190 Å². The van der Waals surface area contributed by atoms with Gasteiger partial charge in [-0.2, -0.15) is 0 Å². The molecule has 32 heavy (non-hydrogen) atoms. The van der Waals surface area contributed by atoms with E-state index in [0.717, 1.165) is 0 Å². The Bertz CT molecular complexity index is 938. The molecular weight excluding hydrogens is 440 g/mol. The van der Waals surface area contributed by atoms with Crippen LogP contribution in [0.1, 0.15) is 33.3 Å². The van der Waals surface area contributed by atoms with Gasteiger partial charge in [0.1, 0.15) is 23.8 Å². The number of β-lactam (4-membered cyclic amide) rings is 1. The minimum atomic E-state index is -1.21. The summed E-state index contributed by atoms with van der Waals surface area (Å²) in [5, 5.41) is 10.3. The highest BCUT2D eigenvalue weighted by Gasteiger charge is 2.58. The third-order valence-corrected chi connectivity index (χ3v) is 5.94. The SMILES string of the molecule is COC(=O)C(=C(C)C)N1C(=O)[C@@H](C(C)(C)OC(=O)OCc2ccc([N+](=O)[O-])cc2)[C@H]1SC. The number of esters is 1. The molecule has 174 valence electrons. The predicted octanol–water partition coefficient (Wildman–Crippen LogP) is 3.64. The number of amides is 1. The van der Waals surface area contributed by atoms with E-state index in [1.165, 1.54) is 48.0 Å². The standard InChI is InChI=1S/C21H26N2O8S/c1-12(2)16(19(25)29-5)22-17(24)15(18(22)32-6)21(3,4)31-20(26)30-11-13-7-9-14(10-8-13)23(27)28/h7-10,15,18H,11H2,1-6H3/t15-,18-/m1/s1. The Morgan fingerprint density at radius 1 is 1.22 bits per heavy atom. The van der Waals surface area contributed by atoms with Crippen molar-refractivity contribution in [2.24, 2.45) is 5.92 Å². The average Bonchev–Trinajstić information content (AvgIpc) is 2.72. The number of likely N-dealkylation sites (tertiary alicyclic amines) is 1. The summed E-state index contributed by atoms with van der Waals surface area (Å²) in [6.07, 6.45) is 0.815. The number of carbonyl (C=O) groups excluding carboxylic acids is 3. The van der Waals surface area contributed by atoms with Crippen LogP contribution in [0.2, 0.25) is 0 Å². The summed E-state index contributed by atoms with van der Waals surface area (Å²) in [5.41, 5.74) is 0.0610. The average molecular weight is 467 g/mol. The summed E-state index contributed by atoms with van der Waals surface area (Å²) in [6.45, 7) is 6.48. The van der Waals surface area contributed by atoms with E-state index in [2.05, 4.69) is 0 Å². The van der Waals surface area contributed by atoms with Crippen LogP contribution in [0.4, 0.5) is 10.5 Å². The largest absolute Gasteiger partial charge is 0.509 e. The lowest BCUT2D eigenvalue weighted by molar-refractivity contribution is -0.384. The minimum absolute atomic E-state index is 0.0729. The van der Waals surface area contributed by atoms with Gasteiger partial charge in [-0.1, -0.05) is 0 Å². The summed E-state index contributed by atoms with van der Waals surface area (Å²) >= 11 is 1.35. The number of allylic oxidation sites excluding steroid dienone is 1. The van der Waals surface area contributed by atoms with Gasteiger partial charge in [-0.3, -0.25) is 19.8 Å². The molecule has 1 aliphatic rings. The quantitative estimate of drug-likeness (QED) is 0.185. The summed E-state index contributed by atoms with van der Waals surface area (Å²) in [5.74, 6) is -1.68. The molecule has 1 fully saturated rings. The minimum Gasteiger partial charge on any atom is -0.464 e. The number of carbonyl (C=O) groups is 3. The predicted molar refractivity (Wildman–Crippen MR) is 116 cm³/mol. The van der Waals surface area contributed by atoms with Gasteiger partial charge < -0.3 is 14.2 Å². The van der Waals surface area contributed by atoms with Crippen molar-refractivity contribution in [1.82, 2.24) is 4.90 Å². The van der Waals surface area contributed by atoms with Crippen LogP contribution in [0.5, 0.6) is 0 Å². The number of hydrogen-bond donors (Lipinski definition) is 0. The molecule has 0 saturated carbocycles. The van der Waals surface area contributed by atoms with Crippen molar-refractivity contribution >= 4 is 35.5 Å². The van der Waals surface area contributed by atoms with Gasteiger partial charge in [0.25, 0.3) is 5.69 Å². The molecule has 11 heteroatoms. The number of rotatable bonds is 8. The molecule has 1 heterocycles. The van der Waals surface area contributed by atoms with Crippen LogP contribution >= 0.6 is 11.8 Å². The highest BCUT2D eigenvalue weighted by Crippen LogP contribution is 2.45. The maximum atomic E-state index is 13.0. The van der Waals surface area contributed by atoms with Crippen molar-refractivity contribution in [2.75, 3.05) is 13.4 Å². The van der Waals surface area contributed by atoms with Gasteiger partial charge in [0.15, 0.2) is 0 Å². The Hall–Kier alpha value is -3.08. The smallest absolute Gasteiger partial charge is 0.464 e. The molecule has 0 spiro atoms. The molecule has 0 aromatic heterocycles. The lowest BCUT2D eigenvalue weighted by atomic mass is 9.82. The van der Waals surface area contributed by atoms with Gasteiger partial charge in [0.2, 0.25) is 5.91 Å². The molecular formula is C21H26N2O8S. The van der Waals surface area contributed by atoms with E-state index in [-0.39, 0.29) is 23.9 Å². The highest BCUT2D eigenvalue weighted by atomic mass is 32.2. The summed E-state index contributed by atoms with van der Waals surface area (Å²) in [6, 6.07) is 5.56. The molecule has 0 radical (unpaired) electrons. The molecule has 10 nitrogen and oxygen atoms in total. The normalized spacial score (nSPS) is 17.8. The molecule has 0 N–H and O–H groups in total. The van der Waals surface area contributed by atoms with Crippen LogP contribution in [0.15, 0.2) is 35.5 Å². The molecule has 0 unspecified atom stereocenters. The lowest BCUT2D eigenvalue weighted by Gasteiger charge is -2.51. The molecule has 2 rings (SSSR count). The maximum absolute atomic E-state index is 13.0. The summed E-state index contributed by atoms with van der Waals surface area (Å²) in [4.78, 5) is 49.0. The third kappa shape index (κ3) is 5.21. The molecule has 1 aromatic carbocycles. The van der Waals surface area contributed by atoms with E-state index in [1.54, 1.807) is 34.0 Å². The van der Waals surface area contributed by atoms with Gasteiger partial charge in [0.05, 0.1) is 17.4 Å².